The largest absolute Gasteiger partial charge is 0.494 e. The molecule has 0 atom stereocenters. The standard InChI is InChI=1S/C19H25N5O/c1-13(2)24-18-15(5-4-6-17(18)25-3)22-19(24)23-9-7-14(8-10-23)16-11-20-12-21-16/h4-6,11-14H,7-10H2,1-3H3,(H,20,21). The topological polar surface area (TPSA) is 59.0 Å². The minimum atomic E-state index is 0.321. The summed E-state index contributed by atoms with van der Waals surface area (Å²) in [6.45, 7) is 6.41. The lowest BCUT2D eigenvalue weighted by Gasteiger charge is -2.33. The first-order chi connectivity index (χ1) is 12.2. The SMILES string of the molecule is COc1cccc2nc(N3CCC(c4cnc[nH]4)CC3)n(C(C)C)c12. The van der Waals surface area contributed by atoms with E-state index in [0.717, 1.165) is 48.7 Å². The number of piperidine rings is 1. The van der Waals surface area contributed by atoms with Crippen LogP contribution in [0.1, 0.15) is 44.3 Å². The van der Waals surface area contributed by atoms with Gasteiger partial charge in [0.1, 0.15) is 11.3 Å². The number of anilines is 1. The van der Waals surface area contributed by atoms with Gasteiger partial charge in [0.05, 0.1) is 19.0 Å². The van der Waals surface area contributed by atoms with Gasteiger partial charge in [-0.05, 0) is 38.8 Å². The summed E-state index contributed by atoms with van der Waals surface area (Å²) in [7, 11) is 1.72. The van der Waals surface area contributed by atoms with Crippen LogP contribution in [0.15, 0.2) is 30.7 Å². The van der Waals surface area contributed by atoms with E-state index in [2.05, 4.69) is 39.3 Å². The highest BCUT2D eigenvalue weighted by molar-refractivity contribution is 5.85. The molecule has 2 aromatic heterocycles. The maximum atomic E-state index is 5.59. The number of imidazole rings is 2. The highest BCUT2D eigenvalue weighted by atomic mass is 16.5. The predicted octanol–water partition coefficient (Wildman–Crippen LogP) is 3.73. The van der Waals surface area contributed by atoms with E-state index in [4.69, 9.17) is 9.72 Å². The van der Waals surface area contributed by atoms with Crippen molar-refractivity contribution in [1.29, 1.82) is 0 Å². The Morgan fingerprint density at radius 3 is 2.68 bits per heavy atom. The molecule has 1 aromatic carbocycles. The van der Waals surface area contributed by atoms with Gasteiger partial charge in [0.15, 0.2) is 0 Å². The van der Waals surface area contributed by atoms with Crippen molar-refractivity contribution in [3.8, 4) is 5.75 Å². The zero-order valence-electron chi connectivity index (χ0n) is 15.1. The van der Waals surface area contributed by atoms with Crippen LogP contribution in [0.4, 0.5) is 5.95 Å². The van der Waals surface area contributed by atoms with Crippen molar-refractivity contribution in [1.82, 2.24) is 19.5 Å². The molecule has 0 bridgehead atoms. The Morgan fingerprint density at radius 2 is 2.04 bits per heavy atom. The van der Waals surface area contributed by atoms with Gasteiger partial charge >= 0.3 is 0 Å². The number of rotatable bonds is 4. The average molecular weight is 339 g/mol. The average Bonchev–Trinajstić information content (AvgIpc) is 3.29. The molecule has 6 heteroatoms. The second kappa shape index (κ2) is 6.43. The van der Waals surface area contributed by atoms with Gasteiger partial charge in [-0.3, -0.25) is 0 Å². The number of aromatic nitrogens is 4. The predicted molar refractivity (Wildman–Crippen MR) is 99.4 cm³/mol. The third kappa shape index (κ3) is 2.75. The van der Waals surface area contributed by atoms with Crippen molar-refractivity contribution in [2.45, 2.75) is 38.6 Å². The fourth-order valence-corrected chi connectivity index (χ4v) is 3.86. The minimum Gasteiger partial charge on any atom is -0.494 e. The smallest absolute Gasteiger partial charge is 0.206 e. The molecule has 0 aliphatic carbocycles. The lowest BCUT2D eigenvalue weighted by molar-refractivity contribution is 0.415. The van der Waals surface area contributed by atoms with E-state index >= 15 is 0 Å². The first-order valence-electron chi connectivity index (χ1n) is 8.97. The van der Waals surface area contributed by atoms with Gasteiger partial charge in [0.2, 0.25) is 5.95 Å². The van der Waals surface area contributed by atoms with Crippen LogP contribution in [0.3, 0.4) is 0 Å². The van der Waals surface area contributed by atoms with Crippen LogP contribution < -0.4 is 9.64 Å². The number of para-hydroxylation sites is 1. The van der Waals surface area contributed by atoms with Crippen molar-refractivity contribution in [3.05, 3.63) is 36.4 Å². The Kier molecular flexibility index (Phi) is 4.11. The first kappa shape index (κ1) is 16.0. The molecular weight excluding hydrogens is 314 g/mol. The second-order valence-corrected chi connectivity index (χ2v) is 6.97. The number of fused-ring (bicyclic) bond motifs is 1. The Balaban J connectivity index is 1.67. The normalized spacial score (nSPS) is 16.1. The summed E-state index contributed by atoms with van der Waals surface area (Å²) >= 11 is 0. The molecule has 0 saturated carbocycles. The monoisotopic (exact) mass is 339 g/mol. The molecule has 25 heavy (non-hydrogen) atoms. The number of aromatic amines is 1. The van der Waals surface area contributed by atoms with Crippen LogP contribution in [-0.2, 0) is 0 Å². The lowest BCUT2D eigenvalue weighted by atomic mass is 9.94. The van der Waals surface area contributed by atoms with Gasteiger partial charge < -0.3 is 19.2 Å². The summed E-state index contributed by atoms with van der Waals surface area (Å²) in [5, 5.41) is 0. The van der Waals surface area contributed by atoms with E-state index in [0.29, 0.717) is 12.0 Å². The van der Waals surface area contributed by atoms with Gasteiger partial charge in [-0.2, -0.15) is 0 Å². The maximum absolute atomic E-state index is 5.59. The summed E-state index contributed by atoms with van der Waals surface area (Å²) in [6.07, 6.45) is 5.95. The van der Waals surface area contributed by atoms with Crippen LogP contribution in [0.2, 0.25) is 0 Å². The molecule has 1 saturated heterocycles. The van der Waals surface area contributed by atoms with Gasteiger partial charge in [-0.15, -0.1) is 0 Å². The fourth-order valence-electron chi connectivity index (χ4n) is 3.86. The van der Waals surface area contributed by atoms with Crippen LogP contribution in [0.5, 0.6) is 5.75 Å². The molecule has 1 aliphatic heterocycles. The molecule has 0 radical (unpaired) electrons. The number of hydrogen-bond donors (Lipinski definition) is 1. The minimum absolute atomic E-state index is 0.321. The van der Waals surface area contributed by atoms with Crippen LogP contribution in [0.25, 0.3) is 11.0 Å². The summed E-state index contributed by atoms with van der Waals surface area (Å²) in [6, 6.07) is 6.41. The third-order valence-electron chi connectivity index (χ3n) is 5.13. The van der Waals surface area contributed by atoms with Crippen molar-refractivity contribution < 1.29 is 4.74 Å². The van der Waals surface area contributed by atoms with E-state index in [1.165, 1.54) is 5.69 Å². The molecular formula is C19H25N5O. The summed E-state index contributed by atoms with van der Waals surface area (Å²) in [5.74, 6) is 2.50. The van der Waals surface area contributed by atoms with Crippen LogP contribution in [0, 0.1) is 0 Å². The zero-order valence-corrected chi connectivity index (χ0v) is 15.1. The molecule has 3 heterocycles. The van der Waals surface area contributed by atoms with Gasteiger partial charge in [0, 0.05) is 36.9 Å². The zero-order chi connectivity index (χ0) is 17.4. The molecule has 1 aliphatic rings. The molecule has 6 nitrogen and oxygen atoms in total. The molecule has 0 unspecified atom stereocenters. The summed E-state index contributed by atoms with van der Waals surface area (Å²) in [4.78, 5) is 14.8. The quantitative estimate of drug-likeness (QED) is 0.787. The van der Waals surface area contributed by atoms with Crippen LogP contribution >= 0.6 is 0 Å². The second-order valence-electron chi connectivity index (χ2n) is 6.97. The van der Waals surface area contributed by atoms with E-state index in [-0.39, 0.29) is 0 Å². The summed E-state index contributed by atoms with van der Waals surface area (Å²) in [5.41, 5.74) is 3.34. The molecule has 132 valence electrons. The van der Waals surface area contributed by atoms with Gasteiger partial charge in [0.25, 0.3) is 0 Å². The maximum Gasteiger partial charge on any atom is 0.206 e. The molecule has 4 rings (SSSR count). The molecule has 1 fully saturated rings. The number of nitrogens with one attached hydrogen (secondary N) is 1. The summed E-state index contributed by atoms with van der Waals surface area (Å²) < 4.78 is 7.90. The van der Waals surface area contributed by atoms with Gasteiger partial charge in [-0.1, -0.05) is 6.07 Å². The van der Waals surface area contributed by atoms with Crippen molar-refractivity contribution in [2.75, 3.05) is 25.1 Å². The molecule has 0 amide bonds. The first-order valence-corrected chi connectivity index (χ1v) is 8.97. The Hall–Kier alpha value is -2.50. The van der Waals surface area contributed by atoms with Crippen molar-refractivity contribution >= 4 is 17.0 Å². The Morgan fingerprint density at radius 1 is 1.24 bits per heavy atom. The lowest BCUT2D eigenvalue weighted by Crippen LogP contribution is -2.35. The van der Waals surface area contributed by atoms with Gasteiger partial charge in [-0.25, -0.2) is 9.97 Å². The Bertz CT molecular complexity index is 844. The number of H-pyrrole nitrogens is 1. The number of hydrogen-bond acceptors (Lipinski definition) is 4. The molecule has 3 aromatic rings. The van der Waals surface area contributed by atoms with Crippen molar-refractivity contribution in [2.24, 2.45) is 0 Å². The van der Waals surface area contributed by atoms with Crippen LogP contribution in [-0.4, -0.2) is 39.7 Å². The fraction of sp³-hybridized carbons (Fsp3) is 0.474. The van der Waals surface area contributed by atoms with E-state index in [1.807, 2.05) is 18.3 Å². The Labute approximate surface area is 147 Å². The third-order valence-corrected chi connectivity index (χ3v) is 5.13. The highest BCUT2D eigenvalue weighted by Crippen LogP contribution is 2.35. The number of methoxy groups -OCH3 is 1. The number of benzene rings is 1. The van der Waals surface area contributed by atoms with E-state index < -0.39 is 0 Å². The van der Waals surface area contributed by atoms with Crippen molar-refractivity contribution in [3.63, 3.8) is 0 Å². The van der Waals surface area contributed by atoms with E-state index in [9.17, 15) is 0 Å². The number of nitrogens with zero attached hydrogens (tertiary/aromatic N) is 4. The molecule has 0 spiro atoms. The van der Waals surface area contributed by atoms with E-state index in [1.54, 1.807) is 13.4 Å². The molecule has 1 N–H and O–H groups in total. The highest BCUT2D eigenvalue weighted by Gasteiger charge is 2.26. The number of ether oxygens (including phenoxy) is 1.